The van der Waals surface area contributed by atoms with Crippen LogP contribution in [0.5, 0.6) is 0 Å². The zero-order valence-electron chi connectivity index (χ0n) is 8.39. The van der Waals surface area contributed by atoms with E-state index in [-0.39, 0.29) is 0 Å². The van der Waals surface area contributed by atoms with Crippen molar-refractivity contribution in [1.82, 2.24) is 10.2 Å². The second-order valence-corrected chi connectivity index (χ2v) is 6.15. The third kappa shape index (κ3) is 3.47. The van der Waals surface area contributed by atoms with Crippen LogP contribution in [-0.4, -0.2) is 10.2 Å². The Bertz CT molecular complexity index is 473. The summed E-state index contributed by atoms with van der Waals surface area (Å²) in [6.07, 6.45) is 0. The van der Waals surface area contributed by atoms with Crippen LogP contribution in [0.2, 0.25) is 0 Å². The number of hydrogen-bond donors (Lipinski definition) is 1. The van der Waals surface area contributed by atoms with Crippen molar-refractivity contribution in [2.24, 2.45) is 0 Å². The van der Waals surface area contributed by atoms with Crippen molar-refractivity contribution in [2.45, 2.75) is 11.5 Å². The van der Waals surface area contributed by atoms with Gasteiger partial charge in [0.25, 0.3) is 0 Å². The maximum Gasteiger partial charge on any atom is 0.203 e. The third-order valence-corrected chi connectivity index (χ3v) is 4.31. The molecular weight excluding hydrogens is 306 g/mol. The summed E-state index contributed by atoms with van der Waals surface area (Å²) in [5.41, 5.74) is 6.81. The van der Waals surface area contributed by atoms with Crippen LogP contribution in [0.4, 0.5) is 5.13 Å². The fraction of sp³-hybridized carbons (Fsp3) is 0.200. The molecule has 0 saturated carbocycles. The van der Waals surface area contributed by atoms with Crippen molar-refractivity contribution in [2.75, 3.05) is 5.73 Å². The number of hydrogen-bond acceptors (Lipinski definition) is 5. The highest BCUT2D eigenvalue weighted by molar-refractivity contribution is 9.10. The molecule has 0 aliphatic heterocycles. The Morgan fingerprint density at radius 2 is 2.19 bits per heavy atom. The van der Waals surface area contributed by atoms with Crippen LogP contribution in [-0.2, 0) is 11.5 Å². The first-order valence-electron chi connectivity index (χ1n) is 4.64. The lowest BCUT2D eigenvalue weighted by Crippen LogP contribution is -1.83. The Hall–Kier alpha value is -0.590. The molecule has 0 amide bonds. The van der Waals surface area contributed by atoms with Gasteiger partial charge in [0, 0.05) is 16.0 Å². The first kappa shape index (κ1) is 11.9. The predicted molar refractivity (Wildman–Crippen MR) is 73.5 cm³/mol. The molecule has 1 heterocycles. The number of nitrogen functional groups attached to an aromatic ring is 1. The molecule has 0 saturated heterocycles. The summed E-state index contributed by atoms with van der Waals surface area (Å²) in [7, 11) is 0. The summed E-state index contributed by atoms with van der Waals surface area (Å²) in [6.45, 7) is 0. The van der Waals surface area contributed by atoms with Gasteiger partial charge in [-0.05, 0) is 17.7 Å². The predicted octanol–water partition coefficient (Wildman–Crippen LogP) is 3.32. The molecule has 0 atom stereocenters. The maximum absolute atomic E-state index is 5.51. The van der Waals surface area contributed by atoms with Gasteiger partial charge in [-0.15, -0.1) is 22.0 Å². The van der Waals surface area contributed by atoms with Gasteiger partial charge in [0.1, 0.15) is 5.01 Å². The highest BCUT2D eigenvalue weighted by atomic mass is 79.9. The van der Waals surface area contributed by atoms with Crippen molar-refractivity contribution in [1.29, 1.82) is 0 Å². The van der Waals surface area contributed by atoms with Crippen LogP contribution in [0.15, 0.2) is 28.7 Å². The van der Waals surface area contributed by atoms with E-state index in [0.29, 0.717) is 5.13 Å². The average Bonchev–Trinajstić information content (AvgIpc) is 2.64. The molecule has 0 fully saturated rings. The van der Waals surface area contributed by atoms with Gasteiger partial charge in [-0.1, -0.05) is 39.4 Å². The highest BCUT2D eigenvalue weighted by Gasteiger charge is 2.01. The summed E-state index contributed by atoms with van der Waals surface area (Å²) >= 11 is 6.72. The normalized spacial score (nSPS) is 10.6. The van der Waals surface area contributed by atoms with Crippen molar-refractivity contribution in [3.05, 3.63) is 39.3 Å². The fourth-order valence-corrected chi connectivity index (χ4v) is 3.29. The summed E-state index contributed by atoms with van der Waals surface area (Å²) in [5.74, 6) is 1.83. The van der Waals surface area contributed by atoms with Crippen molar-refractivity contribution in [3.63, 3.8) is 0 Å². The first-order chi connectivity index (χ1) is 7.74. The molecule has 16 heavy (non-hydrogen) atoms. The average molecular weight is 316 g/mol. The van der Waals surface area contributed by atoms with E-state index in [9.17, 15) is 0 Å². The molecule has 1 aromatic carbocycles. The van der Waals surface area contributed by atoms with E-state index < -0.39 is 0 Å². The second kappa shape index (κ2) is 5.65. The minimum absolute atomic E-state index is 0.540. The lowest BCUT2D eigenvalue weighted by atomic mass is 10.2. The van der Waals surface area contributed by atoms with Gasteiger partial charge in [-0.2, -0.15) is 0 Å². The van der Waals surface area contributed by atoms with E-state index in [0.717, 1.165) is 21.0 Å². The third-order valence-electron chi connectivity index (χ3n) is 1.87. The number of anilines is 1. The Kier molecular flexibility index (Phi) is 4.20. The topological polar surface area (TPSA) is 51.8 Å². The van der Waals surface area contributed by atoms with Crippen molar-refractivity contribution < 1.29 is 0 Å². The van der Waals surface area contributed by atoms with Gasteiger partial charge >= 0.3 is 0 Å². The molecule has 0 aliphatic rings. The van der Waals surface area contributed by atoms with E-state index in [1.165, 1.54) is 16.9 Å². The van der Waals surface area contributed by atoms with Crippen molar-refractivity contribution >= 4 is 44.2 Å². The standard InChI is InChI=1S/C10H10BrN3S2/c11-8-3-1-2-7(4-8)5-15-6-9-13-14-10(12)16-9/h1-4H,5-6H2,(H2,12,14). The van der Waals surface area contributed by atoms with Crippen LogP contribution >= 0.6 is 39.0 Å². The molecular formula is C10H10BrN3S2. The largest absolute Gasteiger partial charge is 0.374 e. The Morgan fingerprint density at radius 1 is 1.31 bits per heavy atom. The lowest BCUT2D eigenvalue weighted by molar-refractivity contribution is 1.05. The zero-order chi connectivity index (χ0) is 11.4. The molecule has 84 valence electrons. The summed E-state index contributed by atoms with van der Waals surface area (Å²) in [6, 6.07) is 8.32. The molecule has 3 nitrogen and oxygen atoms in total. The van der Waals surface area contributed by atoms with E-state index >= 15 is 0 Å². The Balaban J connectivity index is 1.84. The quantitative estimate of drug-likeness (QED) is 0.940. The Morgan fingerprint density at radius 3 is 2.88 bits per heavy atom. The fourth-order valence-electron chi connectivity index (χ4n) is 1.21. The van der Waals surface area contributed by atoms with Crippen LogP contribution in [0.3, 0.4) is 0 Å². The molecule has 0 spiro atoms. The summed E-state index contributed by atoms with van der Waals surface area (Å²) in [4.78, 5) is 0. The van der Waals surface area contributed by atoms with Crippen LogP contribution in [0.25, 0.3) is 0 Å². The van der Waals surface area contributed by atoms with E-state index in [1.807, 2.05) is 23.9 Å². The number of halogens is 1. The molecule has 6 heteroatoms. The number of nitrogens with zero attached hydrogens (tertiary/aromatic N) is 2. The summed E-state index contributed by atoms with van der Waals surface area (Å²) in [5, 5.41) is 9.28. The maximum atomic E-state index is 5.51. The Labute approximate surface area is 111 Å². The molecule has 2 rings (SSSR count). The number of rotatable bonds is 4. The van der Waals surface area contributed by atoms with E-state index in [2.05, 4.69) is 38.3 Å². The highest BCUT2D eigenvalue weighted by Crippen LogP contribution is 2.22. The summed E-state index contributed by atoms with van der Waals surface area (Å²) < 4.78 is 1.12. The minimum atomic E-state index is 0.540. The van der Waals surface area contributed by atoms with E-state index in [4.69, 9.17) is 5.73 Å². The first-order valence-corrected chi connectivity index (χ1v) is 7.40. The molecule has 0 aliphatic carbocycles. The number of nitrogens with two attached hydrogens (primary N) is 1. The number of thioether (sulfide) groups is 1. The van der Waals surface area contributed by atoms with Crippen LogP contribution < -0.4 is 5.73 Å². The smallest absolute Gasteiger partial charge is 0.203 e. The molecule has 0 radical (unpaired) electrons. The molecule has 0 bridgehead atoms. The number of benzene rings is 1. The van der Waals surface area contributed by atoms with E-state index in [1.54, 1.807) is 0 Å². The van der Waals surface area contributed by atoms with Gasteiger partial charge in [-0.3, -0.25) is 0 Å². The molecule has 2 aromatic rings. The zero-order valence-corrected chi connectivity index (χ0v) is 11.6. The monoisotopic (exact) mass is 315 g/mol. The molecule has 1 aromatic heterocycles. The minimum Gasteiger partial charge on any atom is -0.374 e. The molecule has 0 unspecified atom stereocenters. The SMILES string of the molecule is Nc1nnc(CSCc2cccc(Br)c2)s1. The van der Waals surface area contributed by atoms with Gasteiger partial charge in [0.2, 0.25) is 5.13 Å². The van der Waals surface area contributed by atoms with Gasteiger partial charge < -0.3 is 5.73 Å². The number of aromatic nitrogens is 2. The molecule has 2 N–H and O–H groups in total. The van der Waals surface area contributed by atoms with Crippen LogP contribution in [0.1, 0.15) is 10.6 Å². The second-order valence-electron chi connectivity index (χ2n) is 3.16. The van der Waals surface area contributed by atoms with Gasteiger partial charge in [-0.25, -0.2) is 0 Å². The van der Waals surface area contributed by atoms with Crippen LogP contribution in [0, 0.1) is 0 Å². The van der Waals surface area contributed by atoms with Gasteiger partial charge in [0.15, 0.2) is 0 Å². The van der Waals surface area contributed by atoms with Gasteiger partial charge in [0.05, 0.1) is 0 Å². The lowest BCUT2D eigenvalue weighted by Gasteiger charge is -2.00. The van der Waals surface area contributed by atoms with Crippen molar-refractivity contribution in [3.8, 4) is 0 Å².